The molecule has 1 amide bonds. The highest BCUT2D eigenvalue weighted by molar-refractivity contribution is 5.96. The van der Waals surface area contributed by atoms with Gasteiger partial charge in [-0.05, 0) is 42.2 Å². The van der Waals surface area contributed by atoms with Gasteiger partial charge in [-0.1, -0.05) is 50.2 Å². The Hall–Kier alpha value is -2.62. The largest absolute Gasteiger partial charge is 0.356 e. The highest BCUT2D eigenvalue weighted by Crippen LogP contribution is 2.23. The fourth-order valence-corrected chi connectivity index (χ4v) is 2.96. The van der Waals surface area contributed by atoms with Crippen molar-refractivity contribution in [3.63, 3.8) is 0 Å². The van der Waals surface area contributed by atoms with Crippen molar-refractivity contribution >= 4 is 22.6 Å². The molecule has 0 atom stereocenters. The fourth-order valence-electron chi connectivity index (χ4n) is 2.96. The quantitative estimate of drug-likeness (QED) is 0.641. The minimum absolute atomic E-state index is 0.0400. The third kappa shape index (κ3) is 3.73. The van der Waals surface area contributed by atoms with Gasteiger partial charge in [0.05, 0.1) is 6.42 Å². The second-order valence-electron chi connectivity index (χ2n) is 6.59. The van der Waals surface area contributed by atoms with Gasteiger partial charge >= 0.3 is 0 Å². The molecule has 0 spiro atoms. The number of aromatic nitrogens is 1. The predicted octanol–water partition coefficient (Wildman–Crippen LogP) is 4.94. The molecule has 1 heterocycles. The van der Waals surface area contributed by atoms with E-state index in [0.29, 0.717) is 23.7 Å². The van der Waals surface area contributed by atoms with E-state index in [-0.39, 0.29) is 12.3 Å². The van der Waals surface area contributed by atoms with Gasteiger partial charge in [-0.3, -0.25) is 4.79 Å². The monoisotopic (exact) mass is 336 g/mol. The lowest BCUT2D eigenvalue weighted by atomic mass is 10.0. The van der Waals surface area contributed by atoms with Gasteiger partial charge in [0.25, 0.3) is 0 Å². The summed E-state index contributed by atoms with van der Waals surface area (Å²) in [6, 6.07) is 15.9. The van der Waals surface area contributed by atoms with E-state index >= 15 is 0 Å². The van der Waals surface area contributed by atoms with Crippen LogP contribution in [-0.2, 0) is 11.2 Å². The van der Waals surface area contributed by atoms with Crippen LogP contribution in [0.4, 0.5) is 5.69 Å². The molecule has 3 rings (SSSR count). The number of fused-ring (bicyclic) bond motifs is 1. The minimum Gasteiger partial charge on any atom is -0.356 e. The van der Waals surface area contributed by atoms with E-state index in [9.17, 15) is 4.79 Å². The first-order valence-corrected chi connectivity index (χ1v) is 8.83. The van der Waals surface area contributed by atoms with Gasteiger partial charge < -0.3 is 9.42 Å². The van der Waals surface area contributed by atoms with E-state index in [4.69, 9.17) is 4.52 Å². The van der Waals surface area contributed by atoms with Crippen molar-refractivity contribution in [3.8, 4) is 0 Å². The highest BCUT2D eigenvalue weighted by atomic mass is 16.5. The minimum atomic E-state index is 0.0400. The summed E-state index contributed by atoms with van der Waals surface area (Å²) in [4.78, 5) is 14.7. The zero-order valence-electron chi connectivity index (χ0n) is 15.0. The van der Waals surface area contributed by atoms with Gasteiger partial charge in [0.15, 0.2) is 5.58 Å². The smallest absolute Gasteiger partial charge is 0.233 e. The maximum Gasteiger partial charge on any atom is 0.233 e. The van der Waals surface area contributed by atoms with Crippen LogP contribution in [0, 0.1) is 0 Å². The lowest BCUT2D eigenvalue weighted by Crippen LogP contribution is -2.33. The number of para-hydroxylation sites is 1. The number of hydrogen-bond acceptors (Lipinski definition) is 3. The molecule has 0 radical (unpaired) electrons. The molecular formula is C21H24N2O2. The molecule has 1 aromatic heterocycles. The van der Waals surface area contributed by atoms with Crippen molar-refractivity contribution in [1.82, 2.24) is 5.16 Å². The van der Waals surface area contributed by atoms with Crippen molar-refractivity contribution in [2.75, 3.05) is 11.4 Å². The van der Waals surface area contributed by atoms with Gasteiger partial charge in [-0.25, -0.2) is 0 Å². The third-order valence-corrected chi connectivity index (χ3v) is 4.39. The number of amides is 1. The second kappa shape index (κ2) is 7.51. The molecule has 0 unspecified atom stereocenters. The number of carbonyl (C=O) groups excluding carboxylic acids is 1. The molecule has 2 aromatic carbocycles. The Kier molecular flexibility index (Phi) is 5.17. The average Bonchev–Trinajstić information content (AvgIpc) is 3.03. The number of benzene rings is 2. The van der Waals surface area contributed by atoms with Crippen molar-refractivity contribution < 1.29 is 9.32 Å². The molecule has 0 aliphatic heterocycles. The maximum atomic E-state index is 12.9. The molecule has 0 bridgehead atoms. The summed E-state index contributed by atoms with van der Waals surface area (Å²) in [6.07, 6.45) is 1.14. The summed E-state index contributed by atoms with van der Waals surface area (Å²) in [5.41, 5.74) is 3.62. The Labute approximate surface area is 148 Å². The SMILES string of the molecule is CCCN(C(=O)Cc1noc2ccccc12)c1ccc(C(C)C)cc1. The summed E-state index contributed by atoms with van der Waals surface area (Å²) in [5.74, 6) is 0.518. The van der Waals surface area contributed by atoms with Gasteiger partial charge in [-0.2, -0.15) is 0 Å². The van der Waals surface area contributed by atoms with E-state index in [0.717, 1.165) is 17.5 Å². The summed E-state index contributed by atoms with van der Waals surface area (Å²) >= 11 is 0. The van der Waals surface area contributed by atoms with Crippen LogP contribution in [0.15, 0.2) is 53.1 Å². The van der Waals surface area contributed by atoms with Crippen LogP contribution in [0.25, 0.3) is 11.0 Å². The van der Waals surface area contributed by atoms with Crippen molar-refractivity contribution in [2.45, 2.75) is 39.5 Å². The summed E-state index contributed by atoms with van der Waals surface area (Å²) in [6.45, 7) is 7.10. The first kappa shape index (κ1) is 17.2. The zero-order valence-corrected chi connectivity index (χ0v) is 15.0. The highest BCUT2D eigenvalue weighted by Gasteiger charge is 2.19. The molecule has 0 N–H and O–H groups in total. The summed E-state index contributed by atoms with van der Waals surface area (Å²) in [7, 11) is 0. The first-order chi connectivity index (χ1) is 12.1. The molecule has 0 aliphatic rings. The van der Waals surface area contributed by atoms with E-state index < -0.39 is 0 Å². The van der Waals surface area contributed by atoms with Gasteiger partial charge in [0.2, 0.25) is 5.91 Å². The van der Waals surface area contributed by atoms with Gasteiger partial charge in [0.1, 0.15) is 5.69 Å². The molecule has 130 valence electrons. The molecule has 0 saturated carbocycles. The maximum absolute atomic E-state index is 12.9. The summed E-state index contributed by atoms with van der Waals surface area (Å²) in [5, 5.41) is 4.99. The molecule has 25 heavy (non-hydrogen) atoms. The molecule has 0 fully saturated rings. The number of rotatable bonds is 6. The van der Waals surface area contributed by atoms with Crippen LogP contribution >= 0.6 is 0 Å². The molecule has 0 aliphatic carbocycles. The van der Waals surface area contributed by atoms with Crippen LogP contribution in [0.1, 0.15) is 44.4 Å². The van der Waals surface area contributed by atoms with Crippen LogP contribution in [0.3, 0.4) is 0 Å². The Morgan fingerprint density at radius 2 is 1.84 bits per heavy atom. The van der Waals surface area contributed by atoms with Crippen LogP contribution in [0.5, 0.6) is 0 Å². The molecule has 0 saturated heterocycles. The second-order valence-corrected chi connectivity index (χ2v) is 6.59. The number of nitrogens with zero attached hydrogens (tertiary/aromatic N) is 2. The lowest BCUT2D eigenvalue weighted by Gasteiger charge is -2.22. The van der Waals surface area contributed by atoms with Crippen molar-refractivity contribution in [3.05, 3.63) is 59.8 Å². The Bertz CT molecular complexity index is 850. The number of carbonyl (C=O) groups is 1. The van der Waals surface area contributed by atoms with E-state index in [1.54, 1.807) is 0 Å². The predicted molar refractivity (Wildman–Crippen MR) is 101 cm³/mol. The van der Waals surface area contributed by atoms with Crippen molar-refractivity contribution in [2.24, 2.45) is 0 Å². The van der Waals surface area contributed by atoms with E-state index in [1.807, 2.05) is 41.3 Å². The normalized spacial score (nSPS) is 11.2. The van der Waals surface area contributed by atoms with Gasteiger partial charge in [0, 0.05) is 17.6 Å². The lowest BCUT2D eigenvalue weighted by molar-refractivity contribution is -0.118. The molecule has 4 nitrogen and oxygen atoms in total. The zero-order chi connectivity index (χ0) is 17.8. The van der Waals surface area contributed by atoms with Gasteiger partial charge in [-0.15, -0.1) is 0 Å². The van der Waals surface area contributed by atoms with Crippen molar-refractivity contribution in [1.29, 1.82) is 0 Å². The van der Waals surface area contributed by atoms with E-state index in [1.165, 1.54) is 5.56 Å². The first-order valence-electron chi connectivity index (χ1n) is 8.83. The van der Waals surface area contributed by atoms with Crippen LogP contribution in [-0.4, -0.2) is 17.6 Å². The Morgan fingerprint density at radius 3 is 2.52 bits per heavy atom. The third-order valence-electron chi connectivity index (χ3n) is 4.39. The standard InChI is InChI=1S/C21H24N2O2/c1-4-13-23(17-11-9-16(10-12-17)15(2)3)21(24)14-19-18-7-5-6-8-20(18)25-22-19/h5-12,15H,4,13-14H2,1-3H3. The molecule has 4 heteroatoms. The topological polar surface area (TPSA) is 46.3 Å². The van der Waals surface area contributed by atoms with E-state index in [2.05, 4.69) is 38.1 Å². The number of anilines is 1. The number of hydrogen-bond donors (Lipinski definition) is 0. The molecule has 3 aromatic rings. The fraction of sp³-hybridized carbons (Fsp3) is 0.333. The summed E-state index contributed by atoms with van der Waals surface area (Å²) < 4.78 is 5.32. The van der Waals surface area contributed by atoms with Crippen LogP contribution < -0.4 is 4.90 Å². The van der Waals surface area contributed by atoms with Crippen LogP contribution in [0.2, 0.25) is 0 Å². The molecular weight excluding hydrogens is 312 g/mol. The Balaban J connectivity index is 1.83. The average molecular weight is 336 g/mol. The Morgan fingerprint density at radius 1 is 1.12 bits per heavy atom.